The predicted octanol–water partition coefficient (Wildman–Crippen LogP) is 24.4. The van der Waals surface area contributed by atoms with Gasteiger partial charge < -0.3 is 14.2 Å². The lowest BCUT2D eigenvalue weighted by atomic mass is 10.0. The second-order valence-electron chi connectivity index (χ2n) is 23.4. The fourth-order valence-corrected chi connectivity index (χ4v) is 10.1. The normalized spacial score (nSPS) is 12.7. The van der Waals surface area contributed by atoms with Crippen LogP contribution in [0.1, 0.15) is 348 Å². The average Bonchev–Trinajstić information content (AvgIpc) is 3.47. The zero-order valence-corrected chi connectivity index (χ0v) is 54.2. The van der Waals surface area contributed by atoms with Crippen molar-refractivity contribution in [2.45, 2.75) is 354 Å². The van der Waals surface area contributed by atoms with E-state index in [4.69, 9.17) is 14.2 Å². The lowest BCUT2D eigenvalue weighted by Gasteiger charge is -2.18. The first kappa shape index (κ1) is 78.3. The summed E-state index contributed by atoms with van der Waals surface area (Å²) in [5.41, 5.74) is 0. The van der Waals surface area contributed by atoms with E-state index in [1.807, 2.05) is 0 Å². The molecule has 0 fully saturated rings. The minimum Gasteiger partial charge on any atom is -0.462 e. The predicted molar refractivity (Wildman–Crippen MR) is 357 cm³/mol. The van der Waals surface area contributed by atoms with E-state index in [-0.39, 0.29) is 31.1 Å². The van der Waals surface area contributed by atoms with Gasteiger partial charge in [0.1, 0.15) is 13.2 Å². The Hall–Kier alpha value is -3.67. The molecule has 0 aromatic carbocycles. The summed E-state index contributed by atoms with van der Waals surface area (Å²) in [6, 6.07) is 0. The van der Waals surface area contributed by atoms with E-state index >= 15 is 0 Å². The first-order chi connectivity index (χ1) is 40.5. The van der Waals surface area contributed by atoms with Crippen LogP contribution in [0, 0.1) is 0 Å². The Labute approximate surface area is 508 Å². The molecule has 0 saturated heterocycles. The van der Waals surface area contributed by atoms with E-state index in [0.717, 1.165) is 109 Å². The quantitative estimate of drug-likeness (QED) is 0.0261. The van der Waals surface area contributed by atoms with E-state index < -0.39 is 6.10 Å². The molecule has 0 aliphatic rings. The maximum Gasteiger partial charge on any atom is 0.306 e. The highest BCUT2D eigenvalue weighted by Crippen LogP contribution is 2.18. The summed E-state index contributed by atoms with van der Waals surface area (Å²) in [6.45, 7) is 6.52. The van der Waals surface area contributed by atoms with Gasteiger partial charge in [0.25, 0.3) is 0 Å². The maximum absolute atomic E-state index is 12.9. The Kier molecular flexibility index (Phi) is 66.7. The molecular weight excluding hydrogens is 1010 g/mol. The summed E-state index contributed by atoms with van der Waals surface area (Å²) < 4.78 is 16.9. The number of ether oxygens (including phenoxy) is 3. The molecular formula is C76H132O6. The Morgan fingerprint density at radius 3 is 0.793 bits per heavy atom. The molecule has 0 aliphatic heterocycles. The minimum absolute atomic E-state index is 0.0776. The number of hydrogen-bond acceptors (Lipinski definition) is 6. The molecule has 0 aromatic rings. The molecule has 0 amide bonds. The van der Waals surface area contributed by atoms with Gasteiger partial charge in [0.05, 0.1) is 0 Å². The fraction of sp³-hybridized carbons (Fsp3) is 0.750. The van der Waals surface area contributed by atoms with Gasteiger partial charge in [-0.25, -0.2) is 0 Å². The van der Waals surface area contributed by atoms with Gasteiger partial charge >= 0.3 is 17.9 Å². The van der Waals surface area contributed by atoms with E-state index in [1.54, 1.807) is 0 Å². The molecule has 0 rings (SSSR count). The van der Waals surface area contributed by atoms with Gasteiger partial charge in [-0.15, -0.1) is 0 Å². The van der Waals surface area contributed by atoms with Crippen molar-refractivity contribution in [1.82, 2.24) is 0 Å². The number of unbranched alkanes of at least 4 members (excludes halogenated alkanes) is 37. The molecule has 0 spiro atoms. The second kappa shape index (κ2) is 69.8. The Balaban J connectivity index is 4.19. The van der Waals surface area contributed by atoms with Crippen LogP contribution in [0.5, 0.6) is 0 Å². The third kappa shape index (κ3) is 67.1. The van der Waals surface area contributed by atoms with Crippen molar-refractivity contribution in [3.63, 3.8) is 0 Å². The molecule has 0 N–H and O–H groups in total. The first-order valence-corrected chi connectivity index (χ1v) is 35.2. The van der Waals surface area contributed by atoms with Gasteiger partial charge in [-0.3, -0.25) is 14.4 Å². The fourth-order valence-electron chi connectivity index (χ4n) is 10.1. The van der Waals surface area contributed by atoms with Crippen LogP contribution in [-0.4, -0.2) is 37.2 Å². The molecule has 0 bridgehead atoms. The first-order valence-electron chi connectivity index (χ1n) is 35.2. The summed E-state index contributed by atoms with van der Waals surface area (Å²) in [6.07, 6.45) is 94.4. The summed E-state index contributed by atoms with van der Waals surface area (Å²) in [5, 5.41) is 0. The minimum atomic E-state index is -0.780. The Bertz CT molecular complexity index is 1590. The third-order valence-corrected chi connectivity index (χ3v) is 15.3. The van der Waals surface area contributed by atoms with Crippen LogP contribution in [0.25, 0.3) is 0 Å². The van der Waals surface area contributed by atoms with E-state index in [1.165, 1.54) is 199 Å². The lowest BCUT2D eigenvalue weighted by Crippen LogP contribution is -2.30. The number of allylic oxidation sites excluding steroid dienone is 16. The molecule has 6 heteroatoms. The third-order valence-electron chi connectivity index (χ3n) is 15.3. The smallest absolute Gasteiger partial charge is 0.306 e. The lowest BCUT2D eigenvalue weighted by molar-refractivity contribution is -0.167. The monoisotopic (exact) mass is 1140 g/mol. The molecule has 0 radical (unpaired) electrons. The van der Waals surface area contributed by atoms with Crippen molar-refractivity contribution in [1.29, 1.82) is 0 Å². The van der Waals surface area contributed by atoms with Crippen LogP contribution in [0.4, 0.5) is 0 Å². The van der Waals surface area contributed by atoms with Crippen molar-refractivity contribution in [2.24, 2.45) is 0 Å². The van der Waals surface area contributed by atoms with Crippen molar-refractivity contribution < 1.29 is 28.6 Å². The molecule has 0 heterocycles. The van der Waals surface area contributed by atoms with Crippen molar-refractivity contribution in [3.8, 4) is 0 Å². The molecule has 6 nitrogen and oxygen atoms in total. The summed E-state index contributed by atoms with van der Waals surface area (Å²) in [5.74, 6) is -0.873. The number of carbonyl (C=O) groups excluding carboxylic acids is 3. The zero-order valence-electron chi connectivity index (χ0n) is 54.2. The van der Waals surface area contributed by atoms with Crippen LogP contribution in [-0.2, 0) is 28.6 Å². The second-order valence-corrected chi connectivity index (χ2v) is 23.4. The summed E-state index contributed by atoms with van der Waals surface area (Å²) in [4.78, 5) is 38.3. The van der Waals surface area contributed by atoms with Gasteiger partial charge in [-0.2, -0.15) is 0 Å². The number of esters is 3. The molecule has 0 aliphatic carbocycles. The van der Waals surface area contributed by atoms with Gasteiger partial charge in [-0.05, 0) is 96.3 Å². The van der Waals surface area contributed by atoms with Crippen LogP contribution in [0.2, 0.25) is 0 Å². The molecule has 1 atom stereocenters. The number of hydrogen-bond donors (Lipinski definition) is 0. The standard InChI is InChI=1S/C76H132O6/c1-4-7-10-13-16-19-22-24-26-28-30-32-33-34-35-36-37-38-39-40-41-42-43-44-46-47-49-51-54-57-60-63-66-69-75(78)81-72-73(71-80-74(77)68-65-62-59-56-53-21-18-15-12-9-6-3)82-76(79)70-67-64-61-58-55-52-50-48-45-31-29-27-25-23-20-17-14-11-8-5-2/h7,10,15-16,18-19,24,26,30,32,34-35,37-38,40-41,73H,4-6,8-9,11-14,17,20-23,25,27-29,31,33,36,39,42-72H2,1-3H3/b10-7-,18-15-,19-16-,26-24-,32-30-,35-34-,38-37-,41-40-. The van der Waals surface area contributed by atoms with Crippen molar-refractivity contribution in [2.75, 3.05) is 13.2 Å². The Morgan fingerprint density at radius 1 is 0.256 bits per heavy atom. The highest BCUT2D eigenvalue weighted by Gasteiger charge is 2.19. The van der Waals surface area contributed by atoms with Crippen molar-refractivity contribution >= 4 is 17.9 Å². The van der Waals surface area contributed by atoms with Gasteiger partial charge in [0.15, 0.2) is 6.10 Å². The average molecular weight is 1140 g/mol. The highest BCUT2D eigenvalue weighted by molar-refractivity contribution is 5.71. The van der Waals surface area contributed by atoms with Gasteiger partial charge in [-0.1, -0.05) is 330 Å². The van der Waals surface area contributed by atoms with Gasteiger partial charge in [0.2, 0.25) is 0 Å². The van der Waals surface area contributed by atoms with E-state index in [0.29, 0.717) is 19.3 Å². The molecule has 0 saturated carbocycles. The zero-order chi connectivity index (χ0) is 59.2. The molecule has 472 valence electrons. The maximum atomic E-state index is 12.9. The SMILES string of the molecule is CC/C=C\C/C=C\C/C=C\C/C=C\C/C=C\C/C=C\C/C=C\CCCCCCCCCCCCCC(=O)OCC(COC(=O)CCCCCCC/C=C\CCCC)OC(=O)CCCCCCCCCCCCCCCCCCCCCC. The van der Waals surface area contributed by atoms with Crippen LogP contribution in [0.3, 0.4) is 0 Å². The number of rotatable bonds is 64. The number of carbonyl (C=O) groups is 3. The molecule has 82 heavy (non-hydrogen) atoms. The summed E-state index contributed by atoms with van der Waals surface area (Å²) >= 11 is 0. The summed E-state index contributed by atoms with van der Waals surface area (Å²) in [7, 11) is 0. The largest absolute Gasteiger partial charge is 0.462 e. The van der Waals surface area contributed by atoms with E-state index in [2.05, 4.69) is 118 Å². The Morgan fingerprint density at radius 2 is 0.488 bits per heavy atom. The van der Waals surface area contributed by atoms with Gasteiger partial charge in [0, 0.05) is 19.3 Å². The van der Waals surface area contributed by atoms with E-state index in [9.17, 15) is 14.4 Å². The van der Waals surface area contributed by atoms with Crippen LogP contribution in [0.15, 0.2) is 97.2 Å². The van der Waals surface area contributed by atoms with Crippen LogP contribution >= 0.6 is 0 Å². The molecule has 0 aromatic heterocycles. The van der Waals surface area contributed by atoms with Crippen molar-refractivity contribution in [3.05, 3.63) is 97.2 Å². The highest BCUT2D eigenvalue weighted by atomic mass is 16.6. The topological polar surface area (TPSA) is 78.9 Å². The van der Waals surface area contributed by atoms with Crippen LogP contribution < -0.4 is 0 Å². The molecule has 1 unspecified atom stereocenters.